The molecule has 0 saturated heterocycles. The van der Waals surface area contributed by atoms with Gasteiger partial charge in [0.2, 0.25) is 0 Å². The molecule has 2 heterocycles. The monoisotopic (exact) mass is 326 g/mol. The van der Waals surface area contributed by atoms with Gasteiger partial charge in [0.25, 0.3) is 0 Å². The fraction of sp³-hybridized carbons (Fsp3) is 0.0909. The Labute approximate surface area is 126 Å². The summed E-state index contributed by atoms with van der Waals surface area (Å²) < 4.78 is 8.32. The summed E-state index contributed by atoms with van der Waals surface area (Å²) in [7, 11) is 0. The van der Waals surface area contributed by atoms with Gasteiger partial charge in [-0.3, -0.25) is 0 Å². The van der Waals surface area contributed by atoms with Gasteiger partial charge in [-0.25, -0.2) is 9.78 Å². The van der Waals surface area contributed by atoms with Crippen LogP contribution in [0, 0.1) is 6.92 Å². The second-order valence-corrected chi connectivity index (χ2v) is 5.85. The number of fused-ring (bicyclic) bond motifs is 1. The zero-order valence-corrected chi connectivity index (χ0v) is 12.4. The molecule has 2 N–H and O–H groups in total. The molecule has 0 bridgehead atoms. The molecular formula is C11H7ClN4O2S2. The Morgan fingerprint density at radius 3 is 2.90 bits per heavy atom. The average Bonchev–Trinajstić information content (AvgIpc) is 2.99. The highest BCUT2D eigenvalue weighted by Gasteiger charge is 2.16. The maximum Gasteiger partial charge on any atom is 0.347 e. The zero-order chi connectivity index (χ0) is 14.3. The third kappa shape index (κ3) is 2.21. The van der Waals surface area contributed by atoms with Crippen LogP contribution in [0.25, 0.3) is 11.0 Å². The quantitative estimate of drug-likeness (QED) is 0.765. The highest BCUT2D eigenvalue weighted by molar-refractivity contribution is 7.17. The maximum absolute atomic E-state index is 11.0. The van der Waals surface area contributed by atoms with Gasteiger partial charge in [-0.2, -0.15) is 8.75 Å². The van der Waals surface area contributed by atoms with Gasteiger partial charge in [0.15, 0.2) is 5.13 Å². The van der Waals surface area contributed by atoms with Crippen LogP contribution in [-0.4, -0.2) is 24.8 Å². The highest BCUT2D eigenvalue weighted by Crippen LogP contribution is 2.34. The molecule has 6 nitrogen and oxygen atoms in total. The van der Waals surface area contributed by atoms with E-state index in [0.29, 0.717) is 27.1 Å². The molecule has 3 rings (SSSR count). The van der Waals surface area contributed by atoms with Crippen LogP contribution in [0.4, 0.5) is 10.8 Å². The SMILES string of the molecule is Cc1nc(Nc2c(Cl)ccc3nsnc23)sc1C(=O)O. The topological polar surface area (TPSA) is 88.0 Å². The molecule has 3 aromatic rings. The molecule has 0 unspecified atom stereocenters. The predicted molar refractivity (Wildman–Crippen MR) is 79.5 cm³/mol. The maximum atomic E-state index is 11.0. The van der Waals surface area contributed by atoms with Crippen LogP contribution in [-0.2, 0) is 0 Å². The van der Waals surface area contributed by atoms with Crippen molar-refractivity contribution in [2.24, 2.45) is 0 Å². The lowest BCUT2D eigenvalue weighted by molar-refractivity contribution is 0.0701. The highest BCUT2D eigenvalue weighted by atomic mass is 35.5. The summed E-state index contributed by atoms with van der Waals surface area (Å²) in [6.45, 7) is 1.65. The van der Waals surface area contributed by atoms with Crippen molar-refractivity contribution >= 4 is 62.5 Å². The van der Waals surface area contributed by atoms with E-state index in [1.807, 2.05) is 0 Å². The zero-order valence-electron chi connectivity index (χ0n) is 10.0. The fourth-order valence-electron chi connectivity index (χ4n) is 1.70. The number of thiazole rings is 1. The van der Waals surface area contributed by atoms with Crippen LogP contribution in [0.1, 0.15) is 15.4 Å². The Hall–Kier alpha value is -1.77. The number of nitrogens with zero attached hydrogens (tertiary/aromatic N) is 3. The van der Waals surface area contributed by atoms with Gasteiger partial charge >= 0.3 is 5.97 Å². The molecule has 0 aliphatic carbocycles. The molecule has 0 saturated carbocycles. The number of benzene rings is 1. The molecule has 20 heavy (non-hydrogen) atoms. The van der Waals surface area contributed by atoms with Crippen LogP contribution >= 0.6 is 34.7 Å². The molecule has 0 fully saturated rings. The first-order chi connectivity index (χ1) is 9.56. The van der Waals surface area contributed by atoms with Gasteiger partial charge < -0.3 is 10.4 Å². The van der Waals surface area contributed by atoms with E-state index in [9.17, 15) is 4.79 Å². The lowest BCUT2D eigenvalue weighted by atomic mass is 10.2. The van der Waals surface area contributed by atoms with Gasteiger partial charge in [-0.1, -0.05) is 22.9 Å². The molecular weight excluding hydrogens is 320 g/mol. The Kier molecular flexibility index (Phi) is 3.28. The second-order valence-electron chi connectivity index (χ2n) is 3.92. The van der Waals surface area contributed by atoms with Crippen LogP contribution < -0.4 is 5.32 Å². The summed E-state index contributed by atoms with van der Waals surface area (Å²) in [5.41, 5.74) is 2.43. The van der Waals surface area contributed by atoms with Crippen molar-refractivity contribution < 1.29 is 9.90 Å². The van der Waals surface area contributed by atoms with Crippen molar-refractivity contribution in [2.45, 2.75) is 6.92 Å². The van der Waals surface area contributed by atoms with E-state index in [2.05, 4.69) is 19.0 Å². The van der Waals surface area contributed by atoms with Crippen LogP contribution in [0.2, 0.25) is 5.02 Å². The van der Waals surface area contributed by atoms with E-state index in [-0.39, 0.29) is 4.88 Å². The number of aromatic nitrogens is 3. The summed E-state index contributed by atoms with van der Waals surface area (Å²) >= 11 is 8.30. The fourth-order valence-corrected chi connectivity index (χ4v) is 3.25. The largest absolute Gasteiger partial charge is 0.477 e. The summed E-state index contributed by atoms with van der Waals surface area (Å²) in [5, 5.41) is 13.0. The van der Waals surface area contributed by atoms with Crippen molar-refractivity contribution in [3.8, 4) is 0 Å². The molecule has 0 aliphatic rings. The molecule has 0 amide bonds. The van der Waals surface area contributed by atoms with Crippen LogP contribution in [0.15, 0.2) is 12.1 Å². The number of carboxylic acid groups (broad SMARTS) is 1. The third-order valence-electron chi connectivity index (χ3n) is 2.60. The van der Waals surface area contributed by atoms with E-state index >= 15 is 0 Å². The summed E-state index contributed by atoms with van der Waals surface area (Å²) in [4.78, 5) is 15.4. The van der Waals surface area contributed by atoms with Gasteiger partial charge in [-0.05, 0) is 19.1 Å². The number of carboxylic acids is 1. The minimum atomic E-state index is -0.993. The average molecular weight is 327 g/mol. The van der Waals surface area contributed by atoms with E-state index in [4.69, 9.17) is 16.7 Å². The van der Waals surface area contributed by atoms with E-state index in [1.165, 1.54) is 0 Å². The van der Waals surface area contributed by atoms with Crippen LogP contribution in [0.5, 0.6) is 0 Å². The molecule has 102 valence electrons. The van der Waals surface area contributed by atoms with Crippen molar-refractivity contribution in [2.75, 3.05) is 5.32 Å². The van der Waals surface area contributed by atoms with Gasteiger partial charge in [-0.15, -0.1) is 0 Å². The summed E-state index contributed by atoms with van der Waals surface area (Å²) in [6, 6.07) is 3.49. The number of aromatic carboxylic acids is 1. The number of halogens is 1. The normalized spacial score (nSPS) is 10.9. The predicted octanol–water partition coefficient (Wildman–Crippen LogP) is 3.55. The van der Waals surface area contributed by atoms with Gasteiger partial charge in [0.1, 0.15) is 15.9 Å². The first kappa shape index (κ1) is 13.2. The number of anilines is 2. The molecule has 0 radical (unpaired) electrons. The minimum Gasteiger partial charge on any atom is -0.477 e. The second kappa shape index (κ2) is 4.97. The van der Waals surface area contributed by atoms with E-state index < -0.39 is 5.97 Å². The Morgan fingerprint density at radius 1 is 1.40 bits per heavy atom. The first-order valence-electron chi connectivity index (χ1n) is 5.45. The molecule has 0 spiro atoms. The Bertz CT molecular complexity index is 814. The molecule has 0 atom stereocenters. The number of nitrogens with one attached hydrogen (secondary N) is 1. The lowest BCUT2D eigenvalue weighted by Crippen LogP contribution is -1.94. The Balaban J connectivity index is 2.05. The van der Waals surface area contributed by atoms with Crippen LogP contribution in [0.3, 0.4) is 0 Å². The number of rotatable bonds is 3. The number of aryl methyl sites for hydroxylation is 1. The van der Waals surface area contributed by atoms with Crippen molar-refractivity contribution in [1.29, 1.82) is 0 Å². The van der Waals surface area contributed by atoms with E-state index in [1.54, 1.807) is 19.1 Å². The van der Waals surface area contributed by atoms with Crippen molar-refractivity contribution in [1.82, 2.24) is 13.7 Å². The number of carbonyl (C=O) groups is 1. The number of hydrogen-bond donors (Lipinski definition) is 2. The van der Waals surface area contributed by atoms with Crippen molar-refractivity contribution in [3.63, 3.8) is 0 Å². The summed E-state index contributed by atoms with van der Waals surface area (Å²) in [5.74, 6) is -0.993. The summed E-state index contributed by atoms with van der Waals surface area (Å²) in [6.07, 6.45) is 0. The minimum absolute atomic E-state index is 0.201. The van der Waals surface area contributed by atoms with E-state index in [0.717, 1.165) is 28.6 Å². The smallest absolute Gasteiger partial charge is 0.347 e. The van der Waals surface area contributed by atoms with Gasteiger partial charge in [0, 0.05) is 0 Å². The molecule has 1 aromatic carbocycles. The number of hydrogen-bond acceptors (Lipinski definition) is 7. The lowest BCUT2D eigenvalue weighted by Gasteiger charge is -2.05. The molecule has 9 heteroatoms. The van der Waals surface area contributed by atoms with Gasteiger partial charge in [0.05, 0.1) is 28.1 Å². The van der Waals surface area contributed by atoms with Crippen molar-refractivity contribution in [3.05, 3.63) is 27.7 Å². The molecule has 0 aliphatic heterocycles. The third-order valence-corrected chi connectivity index (χ3v) is 4.52. The Morgan fingerprint density at radius 2 is 2.20 bits per heavy atom. The first-order valence-corrected chi connectivity index (χ1v) is 7.37. The standard InChI is InChI=1S/C11H7ClN4O2S2/c1-4-9(10(17)18)19-11(13-4)14-7-5(12)2-3-6-8(7)16-20-15-6/h2-3H,1H3,(H,13,14)(H,17,18). The molecule has 2 aromatic heterocycles.